The van der Waals surface area contributed by atoms with Crippen LogP contribution in [0.5, 0.6) is 0 Å². The normalized spacial score (nSPS) is 13.1. The molecule has 1 aliphatic heterocycles. The zero-order valence-corrected chi connectivity index (χ0v) is 13.0. The Kier molecular flexibility index (Phi) is 5.79. The quantitative estimate of drug-likeness (QED) is 0.316. The van der Waals surface area contributed by atoms with Gasteiger partial charge < -0.3 is 16.1 Å². The first-order chi connectivity index (χ1) is 8.20. The van der Waals surface area contributed by atoms with Crippen molar-refractivity contribution in [3.63, 3.8) is 0 Å². The summed E-state index contributed by atoms with van der Waals surface area (Å²) < 4.78 is 0. The second kappa shape index (κ2) is 6.88. The standard InChI is InChI=1S/C14H16N3.Na/c1-10-7-12(9-15)14(16)8-11(10)4-5-13-3-2-6-17-13;/h3,7-9,15H,4-6,16H2,1H3;/q-1;+1. The molecule has 3 nitrogen and oxygen atoms in total. The van der Waals surface area contributed by atoms with Crippen LogP contribution in [-0.2, 0) is 6.42 Å². The Bertz CT molecular complexity index is 504. The van der Waals surface area contributed by atoms with Crippen LogP contribution in [0, 0.1) is 18.4 Å². The van der Waals surface area contributed by atoms with Gasteiger partial charge in [0.15, 0.2) is 0 Å². The summed E-state index contributed by atoms with van der Waals surface area (Å²) in [6.07, 6.45) is 8.19. The first-order valence-electron chi connectivity index (χ1n) is 5.70. The minimum Gasteiger partial charge on any atom is -0.398 e. The summed E-state index contributed by atoms with van der Waals surface area (Å²) in [5.74, 6) is 0. The second-order valence-electron chi connectivity index (χ2n) is 4.21. The Morgan fingerprint density at radius 1 is 1.44 bits per heavy atom. The van der Waals surface area contributed by atoms with Crippen molar-refractivity contribution in [2.45, 2.75) is 19.8 Å². The van der Waals surface area contributed by atoms with Crippen molar-refractivity contribution in [3.8, 4) is 0 Å². The predicted octanol–water partition coefficient (Wildman–Crippen LogP) is -0.675. The molecule has 0 bridgehead atoms. The topological polar surface area (TPSA) is 62.2 Å². The van der Waals surface area contributed by atoms with E-state index in [1.54, 1.807) is 0 Å². The van der Waals surface area contributed by atoms with Crippen molar-refractivity contribution < 1.29 is 29.6 Å². The van der Waals surface area contributed by atoms with Crippen molar-refractivity contribution in [1.82, 2.24) is 0 Å². The molecule has 0 aromatic heterocycles. The predicted molar refractivity (Wildman–Crippen MR) is 71.9 cm³/mol. The van der Waals surface area contributed by atoms with E-state index in [4.69, 9.17) is 11.1 Å². The molecule has 0 fully saturated rings. The van der Waals surface area contributed by atoms with E-state index in [-0.39, 0.29) is 29.6 Å². The number of allylic oxidation sites excluding steroid dienone is 1. The maximum absolute atomic E-state index is 7.25. The number of hydrogen-bond acceptors (Lipinski definition) is 3. The maximum atomic E-state index is 7.25. The van der Waals surface area contributed by atoms with E-state index in [2.05, 4.69) is 18.0 Å². The van der Waals surface area contributed by atoms with Gasteiger partial charge in [-0.15, -0.1) is 5.71 Å². The van der Waals surface area contributed by atoms with E-state index in [0.29, 0.717) is 12.2 Å². The van der Waals surface area contributed by atoms with E-state index in [9.17, 15) is 0 Å². The van der Waals surface area contributed by atoms with E-state index in [1.165, 1.54) is 17.3 Å². The average molecular weight is 249 g/mol. The van der Waals surface area contributed by atoms with E-state index in [1.807, 2.05) is 18.2 Å². The fourth-order valence-corrected chi connectivity index (χ4v) is 1.96. The van der Waals surface area contributed by atoms with Gasteiger partial charge in [0.25, 0.3) is 0 Å². The van der Waals surface area contributed by atoms with E-state index >= 15 is 0 Å². The van der Waals surface area contributed by atoms with Gasteiger partial charge in [-0.25, -0.2) is 6.08 Å². The maximum Gasteiger partial charge on any atom is 1.00 e. The largest absolute Gasteiger partial charge is 1.00 e. The van der Waals surface area contributed by atoms with Gasteiger partial charge >= 0.3 is 29.6 Å². The van der Waals surface area contributed by atoms with Crippen molar-refractivity contribution in [2.24, 2.45) is 4.99 Å². The number of anilines is 1. The number of hydrogen-bond donors (Lipinski definition) is 2. The Labute approximate surface area is 130 Å². The monoisotopic (exact) mass is 249 g/mol. The molecule has 1 aliphatic rings. The molecule has 0 saturated carbocycles. The molecule has 1 aromatic rings. The molecule has 1 aromatic carbocycles. The van der Waals surface area contributed by atoms with Gasteiger partial charge in [-0.2, -0.15) is 0 Å². The number of aryl methyl sites for hydroxylation is 2. The number of rotatable bonds is 4. The summed E-state index contributed by atoms with van der Waals surface area (Å²) in [7, 11) is 0. The van der Waals surface area contributed by atoms with Gasteiger partial charge in [0.2, 0.25) is 0 Å². The summed E-state index contributed by atoms with van der Waals surface area (Å²) in [4.78, 5) is 4.32. The molecule has 88 valence electrons. The van der Waals surface area contributed by atoms with Crippen molar-refractivity contribution in [1.29, 1.82) is 5.41 Å². The van der Waals surface area contributed by atoms with Crippen molar-refractivity contribution in [2.75, 3.05) is 12.3 Å². The van der Waals surface area contributed by atoms with Gasteiger partial charge in [0.1, 0.15) is 0 Å². The molecule has 0 aliphatic carbocycles. The molecule has 0 saturated heterocycles. The number of nitrogens with zero attached hydrogens (tertiary/aromatic N) is 1. The van der Waals surface area contributed by atoms with Crippen molar-refractivity contribution in [3.05, 3.63) is 41.0 Å². The minimum atomic E-state index is 0. The van der Waals surface area contributed by atoms with E-state index < -0.39 is 0 Å². The molecule has 0 spiro atoms. The van der Waals surface area contributed by atoms with Crippen LogP contribution in [0.25, 0.3) is 0 Å². The number of aliphatic imine (C=N–C) groups is 1. The Morgan fingerprint density at radius 3 is 2.83 bits per heavy atom. The first kappa shape index (κ1) is 15.2. The van der Waals surface area contributed by atoms with E-state index in [0.717, 1.165) is 24.1 Å². The third kappa shape index (κ3) is 3.55. The number of benzene rings is 1. The van der Waals surface area contributed by atoms with Gasteiger partial charge in [0, 0.05) is 17.5 Å². The molecule has 18 heavy (non-hydrogen) atoms. The summed E-state index contributed by atoms with van der Waals surface area (Å²) in [6.45, 7) is 2.75. The summed E-state index contributed by atoms with van der Waals surface area (Å²) in [5.41, 5.74) is 10.9. The van der Waals surface area contributed by atoms with Crippen LogP contribution in [0.3, 0.4) is 0 Å². The van der Waals surface area contributed by atoms with Crippen LogP contribution in [0.1, 0.15) is 23.1 Å². The summed E-state index contributed by atoms with van der Waals surface area (Å²) in [6, 6.07) is 3.94. The van der Waals surface area contributed by atoms with Crippen LogP contribution in [0.2, 0.25) is 0 Å². The van der Waals surface area contributed by atoms with Gasteiger partial charge in [-0.05, 0) is 43.1 Å². The molecule has 2 rings (SSSR count). The first-order valence-corrected chi connectivity index (χ1v) is 5.70. The third-order valence-electron chi connectivity index (χ3n) is 2.99. The SMILES string of the molecule is Cc1cc(C=N)c(N)cc1CCC1=NC[C-]=C1.[Na+]. The van der Waals surface area contributed by atoms with Crippen LogP contribution >= 0.6 is 0 Å². The molecule has 4 heteroatoms. The summed E-state index contributed by atoms with van der Waals surface area (Å²) in [5, 5.41) is 7.25. The minimum absolute atomic E-state index is 0. The number of nitrogen functional groups attached to an aromatic ring is 1. The fourth-order valence-electron chi connectivity index (χ4n) is 1.96. The van der Waals surface area contributed by atoms with Crippen LogP contribution in [-0.4, -0.2) is 18.5 Å². The zero-order chi connectivity index (χ0) is 12.3. The van der Waals surface area contributed by atoms with Gasteiger partial charge in [-0.3, -0.25) is 6.08 Å². The molecule has 0 radical (unpaired) electrons. The van der Waals surface area contributed by atoms with Crippen LogP contribution in [0.15, 0.2) is 23.2 Å². The van der Waals surface area contributed by atoms with Gasteiger partial charge in [-0.1, -0.05) is 6.42 Å². The Morgan fingerprint density at radius 2 is 2.22 bits per heavy atom. The van der Waals surface area contributed by atoms with Crippen LogP contribution < -0.4 is 35.3 Å². The molecule has 0 unspecified atom stereocenters. The van der Waals surface area contributed by atoms with Crippen molar-refractivity contribution >= 4 is 17.6 Å². The fraction of sp³-hybridized carbons (Fsp3) is 0.286. The molecule has 3 N–H and O–H groups in total. The average Bonchev–Trinajstić information content (AvgIpc) is 2.82. The molecule has 0 amide bonds. The Hall–Kier alpha value is -0.900. The molecule has 1 heterocycles. The van der Waals surface area contributed by atoms with Gasteiger partial charge in [0.05, 0.1) is 0 Å². The smallest absolute Gasteiger partial charge is 0.398 e. The molecular formula is C14H16N3Na. The van der Waals surface area contributed by atoms with Crippen LogP contribution in [0.4, 0.5) is 5.69 Å². The number of nitrogens with one attached hydrogen (secondary N) is 1. The molecule has 0 atom stereocenters. The third-order valence-corrected chi connectivity index (χ3v) is 2.99. The molecular weight excluding hydrogens is 233 g/mol. The Balaban J connectivity index is 0.00000162. The zero-order valence-electron chi connectivity index (χ0n) is 11.0. The number of nitrogens with two attached hydrogens (primary N) is 1. The summed E-state index contributed by atoms with van der Waals surface area (Å²) >= 11 is 0. The second-order valence-corrected chi connectivity index (χ2v) is 4.21.